The van der Waals surface area contributed by atoms with Crippen molar-refractivity contribution in [2.45, 2.75) is 77.2 Å². The first-order chi connectivity index (χ1) is 7.31. The van der Waals surface area contributed by atoms with Crippen LogP contribution in [0, 0.1) is 11.3 Å². The molecule has 2 nitrogen and oxygen atoms in total. The highest BCUT2D eigenvalue weighted by atomic mass is 16.3. The van der Waals surface area contributed by atoms with Gasteiger partial charge in [0.2, 0.25) is 0 Å². The normalized spacial score (nSPS) is 12.3. The fourth-order valence-corrected chi connectivity index (χ4v) is 1.71. The monoisotopic (exact) mass is 211 g/mol. The molecule has 88 valence electrons. The number of unbranched alkanes of at least 4 members (excludes halogenated alkanes) is 8. The second-order valence-electron chi connectivity index (χ2n) is 4.26. The molecule has 15 heavy (non-hydrogen) atoms. The van der Waals surface area contributed by atoms with Crippen LogP contribution < -0.4 is 0 Å². The second kappa shape index (κ2) is 11.5. The maximum Gasteiger partial charge on any atom is 0.140 e. The van der Waals surface area contributed by atoms with E-state index in [9.17, 15) is 0 Å². The highest BCUT2D eigenvalue weighted by molar-refractivity contribution is 4.81. The second-order valence-corrected chi connectivity index (χ2v) is 4.26. The van der Waals surface area contributed by atoms with E-state index in [1.54, 1.807) is 0 Å². The number of hydrogen-bond donors (Lipinski definition) is 1. The molecular weight excluding hydrogens is 186 g/mol. The van der Waals surface area contributed by atoms with Crippen molar-refractivity contribution in [3.05, 3.63) is 0 Å². The van der Waals surface area contributed by atoms with E-state index in [1.807, 2.05) is 6.07 Å². The molecule has 0 aliphatic heterocycles. The maximum atomic E-state index is 9.00. The van der Waals surface area contributed by atoms with Crippen LogP contribution in [0.1, 0.15) is 71.1 Å². The zero-order chi connectivity index (χ0) is 11.4. The van der Waals surface area contributed by atoms with Gasteiger partial charge in [-0.25, -0.2) is 0 Å². The predicted octanol–water partition coefficient (Wildman–Crippen LogP) is 3.79. The molecule has 0 aliphatic carbocycles. The zero-order valence-corrected chi connectivity index (χ0v) is 10.0. The van der Waals surface area contributed by atoms with Gasteiger partial charge in [-0.15, -0.1) is 0 Å². The fourth-order valence-electron chi connectivity index (χ4n) is 1.71. The first kappa shape index (κ1) is 14.5. The summed E-state index contributed by atoms with van der Waals surface area (Å²) < 4.78 is 0. The highest BCUT2D eigenvalue weighted by Gasteiger charge is 1.99. The summed E-state index contributed by atoms with van der Waals surface area (Å²) in [5, 5.41) is 17.4. The first-order valence-corrected chi connectivity index (χ1v) is 6.39. The summed E-state index contributed by atoms with van der Waals surface area (Å²) in [6.45, 7) is 2.24. The number of nitriles is 1. The summed E-state index contributed by atoms with van der Waals surface area (Å²) in [7, 11) is 0. The molecule has 0 heterocycles. The van der Waals surface area contributed by atoms with Gasteiger partial charge < -0.3 is 5.11 Å². The van der Waals surface area contributed by atoms with Gasteiger partial charge in [0, 0.05) is 0 Å². The lowest BCUT2D eigenvalue weighted by Crippen LogP contribution is -2.01. The van der Waals surface area contributed by atoms with E-state index in [2.05, 4.69) is 6.92 Å². The number of nitrogens with zero attached hydrogens (tertiary/aromatic N) is 1. The molecule has 0 aliphatic rings. The van der Waals surface area contributed by atoms with Crippen molar-refractivity contribution >= 4 is 0 Å². The molecule has 0 radical (unpaired) electrons. The van der Waals surface area contributed by atoms with Crippen molar-refractivity contribution in [3.8, 4) is 6.07 Å². The average Bonchev–Trinajstić information content (AvgIpc) is 2.26. The Morgan fingerprint density at radius 1 is 0.933 bits per heavy atom. The van der Waals surface area contributed by atoms with Gasteiger partial charge in [0.05, 0.1) is 6.07 Å². The van der Waals surface area contributed by atoms with Crippen LogP contribution in [-0.2, 0) is 0 Å². The number of hydrogen-bond acceptors (Lipinski definition) is 2. The summed E-state index contributed by atoms with van der Waals surface area (Å²) in [6.07, 6.45) is 11.4. The third kappa shape index (κ3) is 11.4. The van der Waals surface area contributed by atoms with Crippen LogP contribution in [0.4, 0.5) is 0 Å². The van der Waals surface area contributed by atoms with Gasteiger partial charge in [0.25, 0.3) is 0 Å². The Hall–Kier alpha value is -0.550. The Morgan fingerprint density at radius 2 is 1.40 bits per heavy atom. The predicted molar refractivity (Wildman–Crippen MR) is 63.5 cm³/mol. The molecule has 2 heteroatoms. The van der Waals surface area contributed by atoms with E-state index in [-0.39, 0.29) is 0 Å². The summed E-state index contributed by atoms with van der Waals surface area (Å²) >= 11 is 0. The number of rotatable bonds is 10. The Morgan fingerprint density at radius 3 is 1.87 bits per heavy atom. The minimum absolute atomic E-state index is 0.645. The van der Waals surface area contributed by atoms with E-state index < -0.39 is 6.10 Å². The average molecular weight is 211 g/mol. The molecule has 0 amide bonds. The van der Waals surface area contributed by atoms with Gasteiger partial charge in [0.1, 0.15) is 6.10 Å². The molecule has 0 saturated carbocycles. The van der Waals surface area contributed by atoms with Gasteiger partial charge in [-0.3, -0.25) is 0 Å². The molecule has 0 fully saturated rings. The Bertz CT molecular complexity index is 162. The van der Waals surface area contributed by atoms with Gasteiger partial charge in [0.15, 0.2) is 0 Å². The fraction of sp³-hybridized carbons (Fsp3) is 0.923. The lowest BCUT2D eigenvalue weighted by Gasteiger charge is -2.02. The van der Waals surface area contributed by atoms with Crippen LogP contribution >= 0.6 is 0 Å². The molecule has 1 unspecified atom stereocenters. The number of aliphatic hydroxyl groups excluding tert-OH is 1. The molecule has 0 aromatic carbocycles. The smallest absolute Gasteiger partial charge is 0.140 e. The van der Waals surface area contributed by atoms with Crippen molar-refractivity contribution < 1.29 is 5.11 Å². The Labute approximate surface area is 94.3 Å². The Kier molecular flexibility index (Phi) is 11.1. The quantitative estimate of drug-likeness (QED) is 0.441. The van der Waals surface area contributed by atoms with Crippen LogP contribution in [0.5, 0.6) is 0 Å². The first-order valence-electron chi connectivity index (χ1n) is 6.39. The third-order valence-electron chi connectivity index (χ3n) is 2.73. The summed E-state index contributed by atoms with van der Waals surface area (Å²) in [4.78, 5) is 0. The van der Waals surface area contributed by atoms with E-state index in [0.29, 0.717) is 6.42 Å². The van der Waals surface area contributed by atoms with E-state index in [0.717, 1.165) is 12.8 Å². The molecule has 0 rings (SSSR count). The van der Waals surface area contributed by atoms with E-state index >= 15 is 0 Å². The van der Waals surface area contributed by atoms with Crippen molar-refractivity contribution in [3.63, 3.8) is 0 Å². The van der Waals surface area contributed by atoms with E-state index in [1.165, 1.54) is 44.9 Å². The number of aliphatic hydroxyl groups is 1. The van der Waals surface area contributed by atoms with Crippen molar-refractivity contribution in [1.82, 2.24) is 0 Å². The highest BCUT2D eigenvalue weighted by Crippen LogP contribution is 2.11. The van der Waals surface area contributed by atoms with E-state index in [4.69, 9.17) is 10.4 Å². The van der Waals surface area contributed by atoms with Crippen molar-refractivity contribution in [2.24, 2.45) is 0 Å². The van der Waals surface area contributed by atoms with Crippen LogP contribution in [0.3, 0.4) is 0 Å². The molecule has 1 N–H and O–H groups in total. The molecule has 0 aromatic heterocycles. The molecule has 0 bridgehead atoms. The van der Waals surface area contributed by atoms with Gasteiger partial charge >= 0.3 is 0 Å². The zero-order valence-electron chi connectivity index (χ0n) is 10.0. The third-order valence-corrected chi connectivity index (χ3v) is 2.73. The van der Waals surface area contributed by atoms with Crippen molar-refractivity contribution in [2.75, 3.05) is 0 Å². The minimum Gasteiger partial charge on any atom is -0.378 e. The summed E-state index contributed by atoms with van der Waals surface area (Å²) in [5.41, 5.74) is 0. The van der Waals surface area contributed by atoms with Crippen LogP contribution in [0.2, 0.25) is 0 Å². The molecule has 0 saturated heterocycles. The largest absolute Gasteiger partial charge is 0.378 e. The molecule has 1 atom stereocenters. The standard InChI is InChI=1S/C13H25NO/c1-2-3-4-5-6-7-8-9-10-11-13(15)12-14/h13,15H,2-11H2,1H3. The SMILES string of the molecule is CCCCCCCCCCCC(O)C#N. The summed E-state index contributed by atoms with van der Waals surface area (Å²) in [6, 6.07) is 1.85. The molecular formula is C13H25NO. The van der Waals surface area contributed by atoms with Crippen LogP contribution in [0.25, 0.3) is 0 Å². The summed E-state index contributed by atoms with van der Waals surface area (Å²) in [5.74, 6) is 0. The molecule has 0 spiro atoms. The van der Waals surface area contributed by atoms with Crippen molar-refractivity contribution in [1.29, 1.82) is 5.26 Å². The van der Waals surface area contributed by atoms with Gasteiger partial charge in [-0.2, -0.15) is 5.26 Å². The maximum absolute atomic E-state index is 9.00. The van der Waals surface area contributed by atoms with Crippen LogP contribution in [0.15, 0.2) is 0 Å². The van der Waals surface area contributed by atoms with Gasteiger partial charge in [-0.05, 0) is 12.8 Å². The molecule has 0 aromatic rings. The topological polar surface area (TPSA) is 44.0 Å². The lowest BCUT2D eigenvalue weighted by molar-refractivity contribution is 0.215. The minimum atomic E-state index is -0.741. The lowest BCUT2D eigenvalue weighted by atomic mass is 10.1. The van der Waals surface area contributed by atoms with Gasteiger partial charge in [-0.1, -0.05) is 58.3 Å². The Balaban J connectivity index is 2.96. The van der Waals surface area contributed by atoms with Crippen LogP contribution in [-0.4, -0.2) is 11.2 Å².